The lowest BCUT2D eigenvalue weighted by molar-refractivity contribution is 0.0512. The molecule has 0 aliphatic carbocycles. The first-order valence-electron chi connectivity index (χ1n) is 10.1. The number of halogens is 1. The maximum atomic E-state index is 12.7. The summed E-state index contributed by atoms with van der Waals surface area (Å²) in [5, 5.41) is 5.30. The van der Waals surface area contributed by atoms with E-state index in [9.17, 15) is 4.79 Å². The van der Waals surface area contributed by atoms with Crippen molar-refractivity contribution >= 4 is 23.2 Å². The van der Waals surface area contributed by atoms with E-state index < -0.39 is 5.97 Å². The van der Waals surface area contributed by atoms with Crippen LogP contribution in [0.4, 0.5) is 0 Å². The zero-order valence-electron chi connectivity index (χ0n) is 17.2. The van der Waals surface area contributed by atoms with E-state index in [4.69, 9.17) is 25.7 Å². The van der Waals surface area contributed by atoms with Crippen molar-refractivity contribution in [3.8, 4) is 22.7 Å². The molecule has 1 aromatic carbocycles. The van der Waals surface area contributed by atoms with E-state index in [0.717, 1.165) is 22.6 Å². The molecule has 0 saturated heterocycles. The van der Waals surface area contributed by atoms with Crippen molar-refractivity contribution in [1.82, 2.24) is 19.2 Å². The first kappa shape index (κ1) is 20.1. The SMILES string of the molecule is CCOC(=O)c1cc(-c2ccco2)nn1Cc1c(-c2ccc(Cl)cc2)nc2ccccn12. The lowest BCUT2D eigenvalue weighted by Gasteiger charge is -2.09. The van der Waals surface area contributed by atoms with Crippen molar-refractivity contribution in [2.45, 2.75) is 13.5 Å². The highest BCUT2D eigenvalue weighted by Crippen LogP contribution is 2.28. The molecule has 0 unspecified atom stereocenters. The van der Waals surface area contributed by atoms with Gasteiger partial charge in [0.15, 0.2) is 5.76 Å². The zero-order chi connectivity index (χ0) is 22.1. The van der Waals surface area contributed by atoms with Crippen LogP contribution in [-0.4, -0.2) is 31.7 Å². The molecule has 160 valence electrons. The Morgan fingerprint density at radius 3 is 2.72 bits per heavy atom. The molecular formula is C24H19ClN4O3. The number of furan rings is 1. The molecule has 0 aliphatic rings. The standard InChI is InChI=1S/C24H19ClN4O3/c1-2-31-24(30)19-14-18(21-6-5-13-32-21)27-29(19)15-20-23(16-8-10-17(25)11-9-16)26-22-7-3-4-12-28(20)22/h3-14H,2,15H2,1H3. The smallest absolute Gasteiger partial charge is 0.356 e. The average molecular weight is 447 g/mol. The van der Waals surface area contributed by atoms with Gasteiger partial charge in [-0.25, -0.2) is 9.78 Å². The predicted molar refractivity (Wildman–Crippen MR) is 121 cm³/mol. The minimum atomic E-state index is -0.445. The zero-order valence-corrected chi connectivity index (χ0v) is 18.0. The molecule has 0 atom stereocenters. The summed E-state index contributed by atoms with van der Waals surface area (Å²) >= 11 is 6.08. The van der Waals surface area contributed by atoms with Crippen molar-refractivity contribution < 1.29 is 13.9 Å². The van der Waals surface area contributed by atoms with Crippen molar-refractivity contribution in [3.63, 3.8) is 0 Å². The van der Waals surface area contributed by atoms with Crippen LogP contribution in [0, 0.1) is 0 Å². The molecule has 0 amide bonds. The predicted octanol–water partition coefficient (Wildman–Crippen LogP) is 5.34. The van der Waals surface area contributed by atoms with E-state index in [0.29, 0.717) is 28.7 Å². The number of fused-ring (bicyclic) bond motifs is 1. The second kappa shape index (κ2) is 8.36. The largest absolute Gasteiger partial charge is 0.463 e. The third-order valence-corrected chi connectivity index (χ3v) is 5.34. The summed E-state index contributed by atoms with van der Waals surface area (Å²) in [6, 6.07) is 18.6. The molecule has 7 nitrogen and oxygen atoms in total. The Morgan fingerprint density at radius 1 is 1.12 bits per heavy atom. The molecule has 8 heteroatoms. The Bertz CT molecular complexity index is 1380. The van der Waals surface area contributed by atoms with Gasteiger partial charge in [-0.3, -0.25) is 4.68 Å². The number of esters is 1. The van der Waals surface area contributed by atoms with Crippen LogP contribution in [0.5, 0.6) is 0 Å². The van der Waals surface area contributed by atoms with Crippen LogP contribution in [0.25, 0.3) is 28.4 Å². The summed E-state index contributed by atoms with van der Waals surface area (Å²) < 4.78 is 14.4. The molecule has 0 radical (unpaired) electrons. The van der Waals surface area contributed by atoms with Crippen LogP contribution in [0.15, 0.2) is 77.5 Å². The number of carbonyl (C=O) groups is 1. The first-order valence-corrected chi connectivity index (χ1v) is 10.5. The molecular weight excluding hydrogens is 428 g/mol. The number of ether oxygens (including phenoxy) is 1. The molecule has 0 saturated carbocycles. The molecule has 32 heavy (non-hydrogen) atoms. The van der Waals surface area contributed by atoms with Crippen LogP contribution in [0.2, 0.25) is 5.02 Å². The minimum Gasteiger partial charge on any atom is -0.463 e. The highest BCUT2D eigenvalue weighted by atomic mass is 35.5. The van der Waals surface area contributed by atoms with Gasteiger partial charge in [-0.05, 0) is 43.3 Å². The number of imidazole rings is 1. The maximum Gasteiger partial charge on any atom is 0.356 e. The van der Waals surface area contributed by atoms with E-state index in [2.05, 4.69) is 5.10 Å². The number of carbonyl (C=O) groups excluding carboxylic acids is 1. The van der Waals surface area contributed by atoms with Gasteiger partial charge >= 0.3 is 5.97 Å². The fourth-order valence-electron chi connectivity index (χ4n) is 3.63. The quantitative estimate of drug-likeness (QED) is 0.329. The second-order valence-electron chi connectivity index (χ2n) is 7.11. The highest BCUT2D eigenvalue weighted by Gasteiger charge is 2.22. The van der Waals surface area contributed by atoms with Crippen molar-refractivity contribution in [2.24, 2.45) is 0 Å². The van der Waals surface area contributed by atoms with Gasteiger partial charge in [-0.2, -0.15) is 5.10 Å². The molecule has 0 N–H and O–H groups in total. The summed E-state index contributed by atoms with van der Waals surface area (Å²) in [5.74, 6) is 0.130. The molecule has 0 fully saturated rings. The average Bonchev–Trinajstić information content (AvgIpc) is 3.54. The van der Waals surface area contributed by atoms with Crippen molar-refractivity contribution in [3.05, 3.63) is 89.5 Å². The van der Waals surface area contributed by atoms with Gasteiger partial charge in [0.05, 0.1) is 30.8 Å². The normalized spacial score (nSPS) is 11.2. The van der Waals surface area contributed by atoms with Crippen LogP contribution < -0.4 is 0 Å². The summed E-state index contributed by atoms with van der Waals surface area (Å²) in [6.45, 7) is 2.35. The fourth-order valence-corrected chi connectivity index (χ4v) is 3.76. The Kier molecular flexibility index (Phi) is 5.25. The summed E-state index contributed by atoms with van der Waals surface area (Å²) in [5.41, 5.74) is 4.28. The van der Waals surface area contributed by atoms with Gasteiger partial charge in [0.1, 0.15) is 17.0 Å². The van der Waals surface area contributed by atoms with Gasteiger partial charge in [0.25, 0.3) is 0 Å². The van der Waals surface area contributed by atoms with Crippen LogP contribution in [0.1, 0.15) is 23.1 Å². The number of nitrogens with zero attached hydrogens (tertiary/aromatic N) is 4. The highest BCUT2D eigenvalue weighted by molar-refractivity contribution is 6.30. The van der Waals surface area contributed by atoms with E-state index >= 15 is 0 Å². The summed E-state index contributed by atoms with van der Waals surface area (Å²) in [6.07, 6.45) is 3.51. The Balaban J connectivity index is 1.65. The molecule has 4 heterocycles. The first-order chi connectivity index (χ1) is 15.6. The van der Waals surface area contributed by atoms with E-state index in [1.54, 1.807) is 36.1 Å². The number of hydrogen-bond donors (Lipinski definition) is 0. The van der Waals surface area contributed by atoms with E-state index in [1.807, 2.05) is 53.1 Å². The Labute approximate surface area is 188 Å². The van der Waals surface area contributed by atoms with E-state index in [-0.39, 0.29) is 6.61 Å². The number of rotatable bonds is 6. The van der Waals surface area contributed by atoms with Gasteiger partial charge in [-0.15, -0.1) is 0 Å². The van der Waals surface area contributed by atoms with E-state index in [1.165, 1.54) is 0 Å². The number of hydrogen-bond acceptors (Lipinski definition) is 5. The minimum absolute atomic E-state index is 0.270. The van der Waals surface area contributed by atoms with Crippen LogP contribution >= 0.6 is 11.6 Å². The molecule has 4 aromatic heterocycles. The summed E-state index contributed by atoms with van der Waals surface area (Å²) in [7, 11) is 0. The van der Waals surface area contributed by atoms with Gasteiger partial charge in [0.2, 0.25) is 0 Å². The number of benzene rings is 1. The van der Waals surface area contributed by atoms with Crippen molar-refractivity contribution in [1.29, 1.82) is 0 Å². The Morgan fingerprint density at radius 2 is 1.97 bits per heavy atom. The van der Waals surface area contributed by atoms with Crippen molar-refractivity contribution in [2.75, 3.05) is 6.61 Å². The third-order valence-electron chi connectivity index (χ3n) is 5.08. The van der Waals surface area contributed by atoms with Crippen LogP contribution in [0.3, 0.4) is 0 Å². The molecule has 0 aliphatic heterocycles. The maximum absolute atomic E-state index is 12.7. The Hall–Kier alpha value is -3.84. The fraction of sp³-hybridized carbons (Fsp3) is 0.125. The second-order valence-corrected chi connectivity index (χ2v) is 7.55. The lowest BCUT2D eigenvalue weighted by atomic mass is 10.1. The molecule has 0 spiro atoms. The molecule has 5 rings (SSSR count). The van der Waals surface area contributed by atoms with Crippen LogP contribution in [-0.2, 0) is 11.3 Å². The van der Waals surface area contributed by atoms with Gasteiger partial charge < -0.3 is 13.6 Å². The lowest BCUT2D eigenvalue weighted by Crippen LogP contribution is -2.15. The number of pyridine rings is 1. The van der Waals surface area contributed by atoms with Gasteiger partial charge in [0, 0.05) is 22.8 Å². The third kappa shape index (κ3) is 3.67. The topological polar surface area (TPSA) is 74.6 Å². The molecule has 5 aromatic rings. The summed E-state index contributed by atoms with van der Waals surface area (Å²) in [4.78, 5) is 17.5. The number of aromatic nitrogens is 4. The molecule has 0 bridgehead atoms. The van der Waals surface area contributed by atoms with Gasteiger partial charge in [-0.1, -0.05) is 29.8 Å². The monoisotopic (exact) mass is 446 g/mol.